The molecule has 2 aromatic rings. The molecule has 0 saturated carbocycles. The van der Waals surface area contributed by atoms with E-state index in [1.807, 2.05) is 0 Å². The van der Waals surface area contributed by atoms with Gasteiger partial charge < -0.3 is 14.6 Å². The second kappa shape index (κ2) is 5.74. The highest BCUT2D eigenvalue weighted by atomic mass is 16.4. The van der Waals surface area contributed by atoms with Crippen LogP contribution in [0.4, 0.5) is 0 Å². The molecule has 0 amide bonds. The Morgan fingerprint density at radius 3 is 2.58 bits per heavy atom. The topological polar surface area (TPSA) is 87.7 Å². The Bertz CT molecular complexity index is 1200. The van der Waals surface area contributed by atoms with Gasteiger partial charge in [0.25, 0.3) is 0 Å². The van der Waals surface area contributed by atoms with E-state index in [2.05, 4.69) is 0 Å². The maximum Gasteiger partial charge on any atom is 0.336 e. The Morgan fingerprint density at radius 1 is 1.00 bits per heavy atom. The fraction of sp³-hybridized carbons (Fsp3) is 0.0476. The molecule has 0 saturated heterocycles. The fourth-order valence-electron chi connectivity index (χ4n) is 3.31. The summed E-state index contributed by atoms with van der Waals surface area (Å²) in [5, 5.41) is 20.2. The first kappa shape index (κ1) is 15.9. The maximum absolute atomic E-state index is 11.9. The van der Waals surface area contributed by atoms with E-state index in [9.17, 15) is 19.8 Å². The van der Waals surface area contributed by atoms with Gasteiger partial charge in [-0.05, 0) is 42.3 Å². The van der Waals surface area contributed by atoms with E-state index >= 15 is 0 Å². The molecular weight excluding hydrogens is 332 g/mol. The van der Waals surface area contributed by atoms with Crippen molar-refractivity contribution in [2.45, 2.75) is 6.92 Å². The van der Waals surface area contributed by atoms with Crippen LogP contribution in [0.1, 0.15) is 15.9 Å². The van der Waals surface area contributed by atoms with E-state index in [4.69, 9.17) is 4.42 Å². The summed E-state index contributed by atoms with van der Waals surface area (Å²) in [4.78, 5) is 23.6. The summed E-state index contributed by atoms with van der Waals surface area (Å²) in [6.45, 7) is 1.74. The quantitative estimate of drug-likeness (QED) is 0.529. The lowest BCUT2D eigenvalue weighted by atomic mass is 9.89. The highest BCUT2D eigenvalue weighted by Gasteiger charge is 2.22. The van der Waals surface area contributed by atoms with Crippen LogP contribution >= 0.6 is 0 Å². The summed E-state index contributed by atoms with van der Waals surface area (Å²) in [6.07, 6.45) is 0. The van der Waals surface area contributed by atoms with Crippen molar-refractivity contribution in [1.29, 1.82) is 0 Å². The molecule has 0 bridgehead atoms. The lowest BCUT2D eigenvalue weighted by molar-refractivity contribution is 0.0697. The van der Waals surface area contributed by atoms with Gasteiger partial charge in [0.1, 0.15) is 17.1 Å². The van der Waals surface area contributed by atoms with Crippen molar-refractivity contribution in [2.75, 3.05) is 0 Å². The molecule has 0 fully saturated rings. The number of hydrogen-bond acceptors (Lipinski definition) is 4. The zero-order valence-corrected chi connectivity index (χ0v) is 13.8. The van der Waals surface area contributed by atoms with E-state index in [-0.39, 0.29) is 16.7 Å². The van der Waals surface area contributed by atoms with Crippen LogP contribution in [-0.2, 0) is 0 Å². The Labute approximate surface area is 148 Å². The number of fused-ring (bicyclic) bond motifs is 2. The number of aryl methyl sites for hydroxylation is 1. The van der Waals surface area contributed by atoms with Crippen LogP contribution in [0.2, 0.25) is 0 Å². The van der Waals surface area contributed by atoms with Crippen LogP contribution in [0.25, 0.3) is 33.4 Å². The monoisotopic (exact) mass is 346 g/mol. The van der Waals surface area contributed by atoms with Crippen LogP contribution in [0.5, 0.6) is 5.75 Å². The molecule has 5 nitrogen and oxygen atoms in total. The molecule has 0 spiro atoms. The van der Waals surface area contributed by atoms with Gasteiger partial charge in [-0.3, -0.25) is 4.79 Å². The lowest BCUT2D eigenvalue weighted by Gasteiger charge is -2.17. The van der Waals surface area contributed by atoms with Gasteiger partial charge in [0, 0.05) is 28.6 Å². The average Bonchev–Trinajstić information content (AvgIpc) is 2.58. The number of aromatic hydroxyl groups is 1. The van der Waals surface area contributed by atoms with Crippen LogP contribution in [0.3, 0.4) is 0 Å². The fourth-order valence-corrected chi connectivity index (χ4v) is 3.31. The van der Waals surface area contributed by atoms with Gasteiger partial charge in [0.15, 0.2) is 5.43 Å². The van der Waals surface area contributed by atoms with Gasteiger partial charge in [-0.25, -0.2) is 4.79 Å². The number of phenolic OH excluding ortho intramolecular Hbond substituents is 1. The molecule has 26 heavy (non-hydrogen) atoms. The Morgan fingerprint density at radius 2 is 1.81 bits per heavy atom. The summed E-state index contributed by atoms with van der Waals surface area (Å²) in [5.41, 5.74) is 2.81. The van der Waals surface area contributed by atoms with E-state index < -0.39 is 5.97 Å². The van der Waals surface area contributed by atoms with Crippen LogP contribution < -0.4 is 5.43 Å². The highest BCUT2D eigenvalue weighted by Crippen LogP contribution is 2.42. The molecule has 5 heteroatoms. The normalized spacial score (nSPS) is 11.1. The highest BCUT2D eigenvalue weighted by molar-refractivity contribution is 6.08. The third-order valence-electron chi connectivity index (χ3n) is 4.43. The second-order valence-corrected chi connectivity index (χ2v) is 6.12. The molecule has 4 rings (SSSR count). The first-order chi connectivity index (χ1) is 12.5. The van der Waals surface area contributed by atoms with E-state index in [0.29, 0.717) is 39.0 Å². The minimum atomic E-state index is -1.03. The Kier molecular flexibility index (Phi) is 3.51. The number of rotatable bonds is 2. The number of carboxylic acids is 1. The SMILES string of the molecule is Cc1cccc(-c2c3ccc(=O)cc-3oc3cc(O)ccc23)c1C(=O)O. The molecule has 2 aliphatic rings. The first-order valence-electron chi connectivity index (χ1n) is 7.98. The molecule has 1 aliphatic heterocycles. The molecule has 2 aromatic carbocycles. The van der Waals surface area contributed by atoms with Crippen LogP contribution in [0.15, 0.2) is 63.8 Å². The summed E-state index contributed by atoms with van der Waals surface area (Å²) >= 11 is 0. The number of hydrogen-bond donors (Lipinski definition) is 2. The van der Waals surface area contributed by atoms with Gasteiger partial charge in [-0.2, -0.15) is 0 Å². The van der Waals surface area contributed by atoms with Gasteiger partial charge in [-0.15, -0.1) is 0 Å². The summed E-state index contributed by atoms with van der Waals surface area (Å²) in [5.74, 6) is -0.671. The lowest BCUT2D eigenvalue weighted by Crippen LogP contribution is -2.05. The second-order valence-electron chi connectivity index (χ2n) is 6.12. The number of aromatic carboxylic acids is 1. The van der Waals surface area contributed by atoms with Crippen molar-refractivity contribution in [3.8, 4) is 28.2 Å². The average molecular weight is 346 g/mol. The third-order valence-corrected chi connectivity index (χ3v) is 4.43. The van der Waals surface area contributed by atoms with E-state index in [1.54, 1.807) is 37.3 Å². The van der Waals surface area contributed by atoms with Crippen molar-refractivity contribution in [3.63, 3.8) is 0 Å². The van der Waals surface area contributed by atoms with Crippen LogP contribution in [0, 0.1) is 6.92 Å². The largest absolute Gasteiger partial charge is 0.508 e. The number of phenols is 1. The molecule has 0 aromatic heterocycles. The maximum atomic E-state index is 11.9. The smallest absolute Gasteiger partial charge is 0.336 e. The van der Waals surface area contributed by atoms with Crippen LogP contribution in [-0.4, -0.2) is 16.2 Å². The molecule has 2 N–H and O–H groups in total. The molecule has 1 heterocycles. The van der Waals surface area contributed by atoms with Gasteiger partial charge in [0.2, 0.25) is 0 Å². The standard InChI is InChI=1S/C21H14O5/c1-11-3-2-4-16(19(11)21(24)25)20-14-7-5-12(22)9-17(14)26-18-10-13(23)6-8-15(18)20/h2-10,22H,1H3,(H,24,25). The molecule has 0 radical (unpaired) electrons. The van der Waals surface area contributed by atoms with E-state index in [1.165, 1.54) is 24.3 Å². The predicted octanol–water partition coefficient (Wildman–Crippen LogP) is 4.28. The minimum Gasteiger partial charge on any atom is -0.508 e. The zero-order chi connectivity index (χ0) is 18.4. The number of carboxylic acid groups (broad SMARTS) is 1. The Balaban J connectivity index is 2.24. The molecule has 128 valence electrons. The van der Waals surface area contributed by atoms with Gasteiger partial charge in [-0.1, -0.05) is 18.2 Å². The van der Waals surface area contributed by atoms with Gasteiger partial charge in [0.05, 0.1) is 5.56 Å². The summed E-state index contributed by atoms with van der Waals surface area (Å²) in [7, 11) is 0. The molecular formula is C21H14O5. The summed E-state index contributed by atoms with van der Waals surface area (Å²) < 4.78 is 5.79. The van der Waals surface area contributed by atoms with Crippen molar-refractivity contribution in [1.82, 2.24) is 0 Å². The predicted molar refractivity (Wildman–Crippen MR) is 97.9 cm³/mol. The van der Waals surface area contributed by atoms with Crippen molar-refractivity contribution in [3.05, 3.63) is 75.9 Å². The Hall–Kier alpha value is -3.60. The van der Waals surface area contributed by atoms with Crippen molar-refractivity contribution >= 4 is 16.9 Å². The zero-order valence-electron chi connectivity index (χ0n) is 13.8. The van der Waals surface area contributed by atoms with Crippen molar-refractivity contribution < 1.29 is 19.4 Å². The number of carbonyl (C=O) groups is 1. The van der Waals surface area contributed by atoms with E-state index in [0.717, 1.165) is 0 Å². The van der Waals surface area contributed by atoms with Crippen molar-refractivity contribution in [2.24, 2.45) is 0 Å². The minimum absolute atomic E-state index is 0.0209. The van der Waals surface area contributed by atoms with Gasteiger partial charge >= 0.3 is 5.97 Å². The molecule has 0 atom stereocenters. The molecule has 0 unspecified atom stereocenters. The summed E-state index contributed by atoms with van der Waals surface area (Å²) in [6, 6.07) is 14.3. The number of benzene rings is 3. The molecule has 1 aliphatic carbocycles. The third kappa shape index (κ3) is 2.41. The first-order valence-corrected chi connectivity index (χ1v) is 7.98.